The van der Waals surface area contributed by atoms with Crippen LogP contribution in [0.3, 0.4) is 0 Å². The molecule has 0 rings (SSSR count). The summed E-state index contributed by atoms with van der Waals surface area (Å²) in [6.07, 6.45) is 19.1. The predicted molar refractivity (Wildman–Crippen MR) is 109 cm³/mol. The van der Waals surface area contributed by atoms with Gasteiger partial charge in [0, 0.05) is 0 Å². The monoisotopic (exact) mass is 378 g/mol. The van der Waals surface area contributed by atoms with Crippen LogP contribution in [0.5, 0.6) is 0 Å². The van der Waals surface area contributed by atoms with Gasteiger partial charge in [0.15, 0.2) is 0 Å². The van der Waals surface area contributed by atoms with Crippen molar-refractivity contribution in [3.05, 3.63) is 0 Å². The fourth-order valence-corrected chi connectivity index (χ4v) is 4.05. The third-order valence-corrected chi connectivity index (χ3v) is 5.90. The summed E-state index contributed by atoms with van der Waals surface area (Å²) in [5, 5.41) is 0. The van der Waals surface area contributed by atoms with Crippen molar-refractivity contribution in [1.29, 1.82) is 0 Å². The normalized spacial score (nSPS) is 12.7. The summed E-state index contributed by atoms with van der Waals surface area (Å²) in [7, 11) is 0.284. The molecule has 4 nitrogen and oxygen atoms in total. The molecule has 2 N–H and O–H groups in total. The van der Waals surface area contributed by atoms with Crippen molar-refractivity contribution in [2.45, 2.75) is 96.8 Å². The number of rotatable bonds is 18. The second-order valence-corrected chi connectivity index (χ2v) is 10.1. The molecule has 0 aromatic heterocycles. The Labute approximate surface area is 157 Å². The van der Waals surface area contributed by atoms with Gasteiger partial charge in [-0.05, 0) is 12.8 Å². The van der Waals surface area contributed by atoms with E-state index in [2.05, 4.69) is 21.0 Å². The number of hydrogen-bond donors (Lipinski definition) is 2. The van der Waals surface area contributed by atoms with Crippen molar-refractivity contribution in [1.82, 2.24) is 0 Å². The third kappa shape index (κ3) is 20.3. The Morgan fingerprint density at radius 1 is 0.640 bits per heavy atom. The minimum atomic E-state index is -3.85. The Balaban J connectivity index is 3.31. The maximum absolute atomic E-state index is 11.0. The van der Waals surface area contributed by atoms with Gasteiger partial charge >= 0.3 is 7.60 Å². The topological polar surface area (TPSA) is 57.5 Å². The average molecular weight is 379 g/mol. The number of unbranched alkanes of at least 4 members (excludes halogenated alkanes) is 13. The van der Waals surface area contributed by atoms with Crippen molar-refractivity contribution in [3.63, 3.8) is 0 Å². The molecule has 0 saturated heterocycles. The van der Waals surface area contributed by atoms with Crippen LogP contribution < -0.4 is 0 Å². The maximum Gasteiger partial charge on any atom is 0.331 e. The van der Waals surface area contributed by atoms with Gasteiger partial charge in [-0.15, -0.1) is 0 Å². The molecule has 0 spiro atoms. The van der Waals surface area contributed by atoms with Gasteiger partial charge in [0.2, 0.25) is 0 Å². The van der Waals surface area contributed by atoms with Gasteiger partial charge in [-0.3, -0.25) is 4.57 Å². The summed E-state index contributed by atoms with van der Waals surface area (Å²) in [5.74, 6) is 0. The zero-order chi connectivity index (χ0) is 19.0. The van der Waals surface area contributed by atoms with Crippen LogP contribution in [-0.4, -0.2) is 47.6 Å². The molecule has 0 aromatic rings. The van der Waals surface area contributed by atoms with Crippen molar-refractivity contribution in [2.24, 2.45) is 0 Å². The van der Waals surface area contributed by atoms with E-state index in [0.717, 1.165) is 13.0 Å². The number of quaternary nitrogens is 1. The Bertz CT molecular complexity index is 342. The fourth-order valence-electron chi connectivity index (χ4n) is 3.25. The van der Waals surface area contributed by atoms with Crippen molar-refractivity contribution < 1.29 is 18.8 Å². The largest absolute Gasteiger partial charge is 0.331 e. The van der Waals surface area contributed by atoms with Gasteiger partial charge in [0.1, 0.15) is 0 Å². The summed E-state index contributed by atoms with van der Waals surface area (Å²) in [6.45, 7) is 3.84. The zero-order valence-electron chi connectivity index (χ0n) is 17.2. The fraction of sp³-hybridized carbons (Fsp3) is 1.00. The highest BCUT2D eigenvalue weighted by Gasteiger charge is 2.21. The van der Waals surface area contributed by atoms with Crippen LogP contribution in [0.1, 0.15) is 96.8 Å². The minimum absolute atomic E-state index is 0.00139. The first kappa shape index (κ1) is 25.1. The quantitative estimate of drug-likeness (QED) is 0.182. The molecule has 0 aliphatic carbocycles. The molecular formula is C20H45NO3P+. The Kier molecular flexibility index (Phi) is 15.3. The van der Waals surface area contributed by atoms with E-state index in [1.165, 1.54) is 83.5 Å². The van der Waals surface area contributed by atoms with Gasteiger partial charge < -0.3 is 14.3 Å². The summed E-state index contributed by atoms with van der Waals surface area (Å²) in [6, 6.07) is 0. The summed E-state index contributed by atoms with van der Waals surface area (Å²) >= 11 is 0. The van der Waals surface area contributed by atoms with Gasteiger partial charge in [-0.25, -0.2) is 0 Å². The third-order valence-electron chi connectivity index (χ3n) is 5.11. The molecule has 0 aliphatic heterocycles. The minimum Gasteiger partial charge on any atom is -0.328 e. The Hall–Kier alpha value is 0.110. The first-order chi connectivity index (χ1) is 11.8. The number of nitrogens with zero attached hydrogens (tertiary/aromatic N) is 1. The van der Waals surface area contributed by atoms with Crippen molar-refractivity contribution in [3.8, 4) is 0 Å². The summed E-state index contributed by atoms with van der Waals surface area (Å²) in [5.41, 5.74) is 0. The second-order valence-electron chi connectivity index (χ2n) is 8.37. The van der Waals surface area contributed by atoms with Crippen molar-refractivity contribution in [2.75, 3.05) is 33.3 Å². The molecule has 0 amide bonds. The highest BCUT2D eigenvalue weighted by Crippen LogP contribution is 2.34. The summed E-state index contributed by atoms with van der Waals surface area (Å²) in [4.78, 5) is 18.0. The molecule has 0 bridgehead atoms. The molecule has 152 valence electrons. The van der Waals surface area contributed by atoms with E-state index in [0.29, 0.717) is 11.0 Å². The Morgan fingerprint density at radius 3 is 1.36 bits per heavy atom. The molecular weight excluding hydrogens is 333 g/mol. The molecule has 0 saturated carbocycles. The van der Waals surface area contributed by atoms with Gasteiger partial charge in [-0.1, -0.05) is 84.0 Å². The van der Waals surface area contributed by atoms with E-state index in [1.54, 1.807) is 0 Å². The highest BCUT2D eigenvalue weighted by molar-refractivity contribution is 7.51. The summed E-state index contributed by atoms with van der Waals surface area (Å²) < 4.78 is 11.7. The van der Waals surface area contributed by atoms with Crippen LogP contribution in [0, 0.1) is 0 Å². The van der Waals surface area contributed by atoms with Gasteiger partial charge in [0.05, 0.1) is 33.3 Å². The van der Waals surface area contributed by atoms with E-state index in [9.17, 15) is 4.57 Å². The smallest absolute Gasteiger partial charge is 0.328 e. The first-order valence-electron chi connectivity index (χ1n) is 10.6. The first-order valence-corrected chi connectivity index (χ1v) is 12.4. The molecule has 0 aliphatic rings. The molecule has 5 heteroatoms. The van der Waals surface area contributed by atoms with Gasteiger partial charge in [-0.2, -0.15) is 0 Å². The molecule has 0 unspecified atom stereocenters. The van der Waals surface area contributed by atoms with Crippen LogP contribution in [0.25, 0.3) is 0 Å². The van der Waals surface area contributed by atoms with Crippen LogP contribution in [0.2, 0.25) is 0 Å². The average Bonchev–Trinajstić information content (AvgIpc) is 2.53. The van der Waals surface area contributed by atoms with E-state index in [4.69, 9.17) is 9.79 Å². The maximum atomic E-state index is 11.0. The van der Waals surface area contributed by atoms with E-state index in [-0.39, 0.29) is 6.16 Å². The SMILES string of the molecule is CCCCCCCCCCCCCCCC[N+](C)(C)CCP(=O)(O)O. The highest BCUT2D eigenvalue weighted by atomic mass is 31.2. The molecule has 0 heterocycles. The lowest BCUT2D eigenvalue weighted by Crippen LogP contribution is -2.42. The van der Waals surface area contributed by atoms with Gasteiger partial charge in [0.25, 0.3) is 0 Å². The molecule has 0 radical (unpaired) electrons. The molecule has 25 heavy (non-hydrogen) atoms. The molecule has 0 atom stereocenters. The molecule has 0 aromatic carbocycles. The van der Waals surface area contributed by atoms with Crippen LogP contribution in [0.15, 0.2) is 0 Å². The lowest BCUT2D eigenvalue weighted by atomic mass is 10.0. The number of hydrogen-bond acceptors (Lipinski definition) is 1. The lowest BCUT2D eigenvalue weighted by Gasteiger charge is -2.29. The second kappa shape index (κ2) is 15.2. The molecule has 0 fully saturated rings. The standard InChI is InChI=1S/C20H44NO3P/c1-4-5-6-7-8-9-10-11-12-13-14-15-16-17-18-21(2,3)19-20-25(22,23)24/h4-20H2,1-3H3,(H-,22,23,24)/p+1. The predicted octanol–water partition coefficient (Wildman–Crippen LogP) is 5.72. The van der Waals surface area contributed by atoms with Crippen LogP contribution in [-0.2, 0) is 4.57 Å². The van der Waals surface area contributed by atoms with E-state index >= 15 is 0 Å². The van der Waals surface area contributed by atoms with Crippen LogP contribution >= 0.6 is 7.60 Å². The van der Waals surface area contributed by atoms with Crippen LogP contribution in [0.4, 0.5) is 0 Å². The van der Waals surface area contributed by atoms with Crippen molar-refractivity contribution >= 4 is 7.60 Å². The zero-order valence-corrected chi connectivity index (χ0v) is 18.1. The lowest BCUT2D eigenvalue weighted by molar-refractivity contribution is -0.888. The van der Waals surface area contributed by atoms with E-state index in [1.807, 2.05) is 0 Å². The Morgan fingerprint density at radius 2 is 1.00 bits per heavy atom. The van der Waals surface area contributed by atoms with E-state index < -0.39 is 7.60 Å².